The van der Waals surface area contributed by atoms with Crippen LogP contribution in [-0.2, 0) is 29.9 Å². The lowest BCUT2D eigenvalue weighted by atomic mass is 10.3. The molecule has 0 aromatic heterocycles. The predicted molar refractivity (Wildman–Crippen MR) is 81.6 cm³/mol. The van der Waals surface area contributed by atoms with Crippen molar-refractivity contribution in [2.24, 2.45) is 0 Å². The van der Waals surface area contributed by atoms with Crippen LogP contribution >= 0.6 is 0 Å². The number of alkyl halides is 6. The standard InChI is InChI=1S/C9H16F7N3O6S3/c1-17(2)27(22,23)6(28(24,25)18(3)4)26(20,21)9(14,15)7(10,11)8(12,13)19(5)16/h6H,1-5H3. The van der Waals surface area contributed by atoms with Gasteiger partial charge in [-0.25, -0.2) is 33.9 Å². The molecule has 0 unspecified atom stereocenters. The first-order valence-corrected chi connectivity index (χ1v) is 11.1. The molecule has 0 amide bonds. The molecular weight excluding hydrogens is 475 g/mol. The van der Waals surface area contributed by atoms with Gasteiger partial charge in [-0.05, 0) is 0 Å². The van der Waals surface area contributed by atoms with Crippen LogP contribution in [0.5, 0.6) is 0 Å². The summed E-state index contributed by atoms with van der Waals surface area (Å²) in [6.07, 6.45) is 0. The van der Waals surface area contributed by atoms with Crippen LogP contribution in [0.4, 0.5) is 30.8 Å². The van der Waals surface area contributed by atoms with E-state index in [1.165, 1.54) is 0 Å². The Morgan fingerprint density at radius 1 is 0.679 bits per heavy atom. The first-order chi connectivity index (χ1) is 11.9. The summed E-state index contributed by atoms with van der Waals surface area (Å²) < 4.78 is 162. The number of nitrogens with zero attached hydrogens (tertiary/aromatic N) is 3. The zero-order valence-corrected chi connectivity index (χ0v) is 17.2. The van der Waals surface area contributed by atoms with Gasteiger partial charge in [0.2, 0.25) is 20.0 Å². The minimum absolute atomic E-state index is 0.204. The van der Waals surface area contributed by atoms with Crippen LogP contribution in [0.1, 0.15) is 0 Å². The molecule has 0 aromatic rings. The normalized spacial score (nSPS) is 15.9. The van der Waals surface area contributed by atoms with Crippen molar-refractivity contribution in [3.63, 3.8) is 0 Å². The number of hydrogen-bond donors (Lipinski definition) is 0. The highest BCUT2D eigenvalue weighted by Gasteiger charge is 2.82. The largest absolute Gasteiger partial charge is 0.417 e. The van der Waals surface area contributed by atoms with E-state index in [0.29, 0.717) is 28.2 Å². The van der Waals surface area contributed by atoms with Crippen LogP contribution in [0, 0.1) is 0 Å². The second-order valence-corrected chi connectivity index (χ2v) is 13.0. The lowest BCUT2D eigenvalue weighted by molar-refractivity contribution is -0.363. The maximum atomic E-state index is 14.1. The molecule has 28 heavy (non-hydrogen) atoms. The Morgan fingerprint density at radius 2 is 0.964 bits per heavy atom. The summed E-state index contributed by atoms with van der Waals surface area (Å²) >= 11 is 0. The Hall–Kier alpha value is -0.760. The van der Waals surface area contributed by atoms with Crippen LogP contribution in [0.15, 0.2) is 0 Å². The molecule has 0 aromatic carbocycles. The van der Waals surface area contributed by atoms with Gasteiger partial charge in [0.1, 0.15) is 0 Å². The highest BCUT2D eigenvalue weighted by Crippen LogP contribution is 2.51. The maximum Gasteiger partial charge on any atom is 0.417 e. The summed E-state index contributed by atoms with van der Waals surface area (Å²) in [5, 5.41) is -9.27. The minimum Gasteiger partial charge on any atom is -0.220 e. The highest BCUT2D eigenvalue weighted by molar-refractivity contribution is 8.23. The lowest BCUT2D eigenvalue weighted by Crippen LogP contribution is -2.65. The van der Waals surface area contributed by atoms with Crippen molar-refractivity contribution in [1.29, 1.82) is 0 Å². The molecule has 0 bridgehead atoms. The number of sulfonamides is 2. The van der Waals surface area contributed by atoms with Crippen molar-refractivity contribution in [1.82, 2.24) is 13.7 Å². The van der Waals surface area contributed by atoms with Gasteiger partial charge in [0.15, 0.2) is 0 Å². The number of rotatable bonds is 9. The highest BCUT2D eigenvalue weighted by atomic mass is 32.3. The molecule has 0 aliphatic rings. The second-order valence-electron chi connectivity index (χ2n) is 5.60. The Morgan fingerprint density at radius 3 is 1.18 bits per heavy atom. The lowest BCUT2D eigenvalue weighted by Gasteiger charge is -2.35. The first kappa shape index (κ1) is 27.2. The van der Waals surface area contributed by atoms with Gasteiger partial charge in [-0.2, -0.15) is 26.3 Å². The van der Waals surface area contributed by atoms with E-state index in [1.54, 1.807) is 0 Å². The zero-order chi connectivity index (χ0) is 23.3. The van der Waals surface area contributed by atoms with E-state index in [9.17, 15) is 56.1 Å². The second kappa shape index (κ2) is 7.49. The molecule has 0 rings (SSSR count). The molecule has 0 fully saturated rings. The fourth-order valence-electron chi connectivity index (χ4n) is 1.49. The van der Waals surface area contributed by atoms with E-state index < -0.39 is 63.2 Å². The van der Waals surface area contributed by atoms with Crippen LogP contribution in [-0.4, -0.2) is 95.4 Å². The molecule has 9 nitrogen and oxygen atoms in total. The molecule has 0 aliphatic heterocycles. The van der Waals surface area contributed by atoms with Crippen molar-refractivity contribution in [3.05, 3.63) is 0 Å². The quantitative estimate of drug-likeness (QED) is 0.256. The average Bonchev–Trinajstić information content (AvgIpc) is 2.44. The van der Waals surface area contributed by atoms with E-state index in [1.807, 2.05) is 0 Å². The van der Waals surface area contributed by atoms with Crippen molar-refractivity contribution >= 4 is 29.9 Å². The van der Waals surface area contributed by atoms with Crippen LogP contribution in [0.2, 0.25) is 0 Å². The van der Waals surface area contributed by atoms with Gasteiger partial charge in [-0.3, -0.25) is 0 Å². The van der Waals surface area contributed by atoms with Gasteiger partial charge in [0, 0.05) is 35.2 Å². The Balaban J connectivity index is 7.20. The Labute approximate surface area is 156 Å². The van der Waals surface area contributed by atoms with Crippen molar-refractivity contribution < 1.29 is 56.1 Å². The summed E-state index contributed by atoms with van der Waals surface area (Å²) in [4.78, 5) is 0. The van der Waals surface area contributed by atoms with Crippen molar-refractivity contribution in [3.8, 4) is 0 Å². The van der Waals surface area contributed by atoms with E-state index in [2.05, 4.69) is 0 Å². The molecular formula is C9H16F7N3O6S3. The van der Waals surface area contributed by atoms with Crippen LogP contribution < -0.4 is 0 Å². The molecule has 0 saturated heterocycles. The molecule has 0 atom stereocenters. The fourth-order valence-corrected chi connectivity index (χ4v) is 9.48. The Bertz CT molecular complexity index is 862. The summed E-state index contributed by atoms with van der Waals surface area (Å²) in [5.74, 6) is -7.08. The fraction of sp³-hybridized carbons (Fsp3) is 1.00. The van der Waals surface area contributed by atoms with Crippen molar-refractivity contribution in [2.75, 3.05) is 35.2 Å². The summed E-state index contributed by atoms with van der Waals surface area (Å²) in [6.45, 7) is 0. The van der Waals surface area contributed by atoms with Gasteiger partial charge in [-0.15, -0.1) is 4.48 Å². The zero-order valence-electron chi connectivity index (χ0n) is 14.7. The summed E-state index contributed by atoms with van der Waals surface area (Å²) in [7, 11) is -17.8. The SMILES string of the molecule is CN(F)C(F)(F)C(F)(F)C(F)(F)S(=O)(=O)C(S(=O)(=O)N(C)C)S(=O)(=O)N(C)C. The summed E-state index contributed by atoms with van der Waals surface area (Å²) in [5.41, 5.74) is 0. The maximum absolute atomic E-state index is 14.1. The van der Waals surface area contributed by atoms with E-state index >= 15 is 0 Å². The number of sulfone groups is 1. The Kier molecular flexibility index (Phi) is 7.29. The molecule has 170 valence electrons. The van der Waals surface area contributed by atoms with Gasteiger partial charge in [0.05, 0.1) is 0 Å². The third-order valence-electron chi connectivity index (χ3n) is 3.25. The molecule has 0 spiro atoms. The van der Waals surface area contributed by atoms with E-state index in [4.69, 9.17) is 0 Å². The topological polar surface area (TPSA) is 112 Å². The van der Waals surface area contributed by atoms with E-state index in [0.717, 1.165) is 0 Å². The summed E-state index contributed by atoms with van der Waals surface area (Å²) in [6, 6.07) is -6.46. The third-order valence-corrected chi connectivity index (χ3v) is 12.2. The van der Waals surface area contributed by atoms with Gasteiger partial charge in [-0.1, -0.05) is 5.12 Å². The molecule has 19 heteroatoms. The number of hydrogen-bond acceptors (Lipinski definition) is 7. The van der Waals surface area contributed by atoms with Crippen LogP contribution in [0.3, 0.4) is 0 Å². The van der Waals surface area contributed by atoms with Gasteiger partial charge in [0.25, 0.3) is 13.8 Å². The van der Waals surface area contributed by atoms with Crippen molar-refractivity contribution in [2.45, 2.75) is 21.1 Å². The first-order valence-electron chi connectivity index (χ1n) is 6.54. The van der Waals surface area contributed by atoms with Gasteiger partial charge < -0.3 is 0 Å². The molecule has 0 heterocycles. The third kappa shape index (κ3) is 3.83. The molecule has 0 aliphatic carbocycles. The van der Waals surface area contributed by atoms with E-state index in [-0.39, 0.29) is 8.61 Å². The predicted octanol–water partition coefficient (Wildman–Crippen LogP) is 0.105. The molecule has 0 saturated carbocycles. The monoisotopic (exact) mass is 491 g/mol. The van der Waals surface area contributed by atoms with Crippen LogP contribution in [0.25, 0.3) is 0 Å². The number of halogens is 7. The van der Waals surface area contributed by atoms with Gasteiger partial charge >= 0.3 is 17.2 Å². The molecule has 0 N–H and O–H groups in total. The molecule has 0 radical (unpaired) electrons. The minimum atomic E-state index is -7.50. The smallest absolute Gasteiger partial charge is 0.220 e. The average molecular weight is 491 g/mol.